The van der Waals surface area contributed by atoms with Crippen LogP contribution in [0.15, 0.2) is 66.2 Å². The van der Waals surface area contributed by atoms with Crippen molar-refractivity contribution in [1.29, 1.82) is 0 Å². The van der Waals surface area contributed by atoms with Crippen LogP contribution < -0.4 is 20.7 Å². The van der Waals surface area contributed by atoms with Gasteiger partial charge >= 0.3 is 18.4 Å². The number of ether oxygens (including phenoxy) is 3. The highest BCUT2D eigenvalue weighted by atomic mass is 19.4. The number of allylic oxidation sites excluding steroid dienone is 1. The Labute approximate surface area is 314 Å². The zero-order valence-electron chi connectivity index (χ0n) is 29.5. The molecule has 4 aliphatic rings. The fourth-order valence-electron chi connectivity index (χ4n) is 7.77. The zero-order valence-corrected chi connectivity index (χ0v) is 29.5. The molecule has 3 unspecified atom stereocenters. The average Bonchev–Trinajstić information content (AvgIpc) is 3.80. The molecule has 298 valence electrons. The van der Waals surface area contributed by atoms with Gasteiger partial charge in [-0.2, -0.15) is 26.3 Å². The van der Waals surface area contributed by atoms with Crippen LogP contribution in [0.3, 0.4) is 0 Å². The predicted octanol–water partition coefficient (Wildman–Crippen LogP) is 8.12. The summed E-state index contributed by atoms with van der Waals surface area (Å²) < 4.78 is 127. The fraction of sp³-hybridized carbons (Fsp3) is 0.410. The minimum Gasteiger partial charge on any atom is -0.496 e. The van der Waals surface area contributed by atoms with Crippen molar-refractivity contribution in [2.75, 3.05) is 25.6 Å². The molecule has 1 saturated heterocycles. The Morgan fingerprint density at radius 1 is 0.857 bits per heavy atom. The second-order valence-corrected chi connectivity index (χ2v) is 14.4. The van der Waals surface area contributed by atoms with E-state index in [2.05, 4.69) is 22.0 Å². The number of hydrogen-bond acceptors (Lipinski definition) is 6. The Bertz CT molecular complexity index is 2060. The summed E-state index contributed by atoms with van der Waals surface area (Å²) in [6.07, 6.45) is -9.02. The third kappa shape index (κ3) is 8.04. The third-order valence-electron chi connectivity index (χ3n) is 10.6. The number of carbonyl (C=O) groups excluding carboxylic acids is 3. The van der Waals surface area contributed by atoms with Gasteiger partial charge in [0.15, 0.2) is 0 Å². The van der Waals surface area contributed by atoms with Gasteiger partial charge in [0, 0.05) is 28.8 Å². The number of carbonyl (C=O) groups is 3. The van der Waals surface area contributed by atoms with Crippen LogP contribution in [-0.4, -0.2) is 56.5 Å². The van der Waals surface area contributed by atoms with Crippen LogP contribution in [0.5, 0.6) is 5.75 Å². The van der Waals surface area contributed by atoms with E-state index in [4.69, 9.17) is 14.2 Å². The molecule has 3 aromatic rings. The van der Waals surface area contributed by atoms with Crippen molar-refractivity contribution >= 4 is 23.6 Å². The molecule has 3 N–H and O–H groups in total. The lowest BCUT2D eigenvalue weighted by molar-refractivity contribution is -0.207. The Hall–Kier alpha value is -5.19. The van der Waals surface area contributed by atoms with E-state index >= 15 is 4.39 Å². The number of methoxy groups -OCH3 is 1. The lowest BCUT2D eigenvalue weighted by atomic mass is 9.83. The molecule has 2 bridgehead atoms. The van der Waals surface area contributed by atoms with Crippen LogP contribution in [0.4, 0.5) is 45.6 Å². The molecule has 1 heterocycles. The van der Waals surface area contributed by atoms with E-state index in [0.29, 0.717) is 30.9 Å². The van der Waals surface area contributed by atoms with Crippen molar-refractivity contribution < 1.29 is 63.7 Å². The predicted molar refractivity (Wildman–Crippen MR) is 183 cm³/mol. The van der Waals surface area contributed by atoms with Gasteiger partial charge in [-0.1, -0.05) is 23.8 Å². The first-order valence-corrected chi connectivity index (χ1v) is 17.8. The van der Waals surface area contributed by atoms with Gasteiger partial charge in [-0.05, 0) is 85.5 Å². The smallest absolute Gasteiger partial charge is 0.429 e. The normalized spacial score (nSPS) is 23.3. The lowest BCUT2D eigenvalue weighted by Crippen LogP contribution is -2.49. The van der Waals surface area contributed by atoms with Crippen LogP contribution in [0.25, 0.3) is 11.1 Å². The first-order chi connectivity index (χ1) is 26.5. The van der Waals surface area contributed by atoms with Gasteiger partial charge in [-0.25, -0.2) is 13.6 Å². The first-order valence-electron chi connectivity index (χ1n) is 17.8. The van der Waals surface area contributed by atoms with Gasteiger partial charge in [0.25, 0.3) is 5.91 Å². The molecule has 9 nitrogen and oxygen atoms in total. The van der Waals surface area contributed by atoms with Gasteiger partial charge in [0.05, 0.1) is 43.4 Å². The summed E-state index contributed by atoms with van der Waals surface area (Å²) in [7, 11) is 1.27. The highest BCUT2D eigenvalue weighted by Crippen LogP contribution is 2.54. The maximum atomic E-state index is 15.4. The summed E-state index contributed by atoms with van der Waals surface area (Å²) in [4.78, 5) is 40.2. The van der Waals surface area contributed by atoms with Crippen molar-refractivity contribution in [2.24, 2.45) is 23.7 Å². The first kappa shape index (κ1) is 39.1. The number of rotatable bonds is 10. The number of halogens is 8. The third-order valence-corrected chi connectivity index (χ3v) is 10.6. The van der Waals surface area contributed by atoms with Crippen LogP contribution in [0, 0.1) is 35.3 Å². The number of alkyl carbamates (subject to hydrolysis) is 1. The molecule has 3 saturated carbocycles. The lowest BCUT2D eigenvalue weighted by Gasteiger charge is -2.30. The summed E-state index contributed by atoms with van der Waals surface area (Å²) in [6, 6.07) is 7.08. The second kappa shape index (κ2) is 15.0. The van der Waals surface area contributed by atoms with E-state index in [0.717, 1.165) is 42.7 Å². The second-order valence-electron chi connectivity index (χ2n) is 14.4. The molecule has 4 fully saturated rings. The molecule has 7 rings (SSSR count). The van der Waals surface area contributed by atoms with Gasteiger partial charge in [0.1, 0.15) is 17.4 Å². The zero-order chi connectivity index (χ0) is 40.1. The highest BCUT2D eigenvalue weighted by molar-refractivity contribution is 6.00. The minimum absolute atomic E-state index is 0.0138. The Balaban J connectivity index is 1.17. The number of nitrogens with one attached hydrogen (secondary N) is 3. The van der Waals surface area contributed by atoms with Crippen molar-refractivity contribution in [3.05, 3.63) is 94.6 Å². The Morgan fingerprint density at radius 3 is 2.21 bits per heavy atom. The fourth-order valence-corrected chi connectivity index (χ4v) is 7.77. The molecule has 0 spiro atoms. The van der Waals surface area contributed by atoms with Crippen LogP contribution in [0.2, 0.25) is 0 Å². The molecule has 3 amide bonds. The molecule has 17 heteroatoms. The SMILES string of the molecule is COc1ccc(-c2cc(C(OC(=O)NC3COC3)C(F)(F)F)ccc2F)cc1C(=O)N[C@@H]1C2CCC(/C2=C/C2CC2)[C@@H]1C(=O)Nc1ccc(F)c(C(F)(F)F)c1. The maximum absolute atomic E-state index is 15.4. The minimum atomic E-state index is -5.08. The van der Waals surface area contributed by atoms with Gasteiger partial charge in [-0.3, -0.25) is 9.59 Å². The van der Waals surface area contributed by atoms with E-state index in [-0.39, 0.29) is 53.2 Å². The molecule has 0 aromatic heterocycles. The summed E-state index contributed by atoms with van der Waals surface area (Å²) in [5.74, 6) is -5.16. The van der Waals surface area contributed by atoms with Gasteiger partial charge in [-0.15, -0.1) is 0 Å². The largest absolute Gasteiger partial charge is 0.496 e. The molecule has 3 aliphatic carbocycles. The Kier molecular flexibility index (Phi) is 10.5. The maximum Gasteiger partial charge on any atom is 0.429 e. The molecule has 56 heavy (non-hydrogen) atoms. The molecular weight excluding hydrogens is 758 g/mol. The monoisotopic (exact) mass is 793 g/mol. The van der Waals surface area contributed by atoms with E-state index < -0.39 is 77.1 Å². The number of fused-ring (bicyclic) bond motifs is 2. The molecule has 1 aliphatic heterocycles. The van der Waals surface area contributed by atoms with Gasteiger partial charge < -0.3 is 30.2 Å². The van der Waals surface area contributed by atoms with E-state index in [1.807, 2.05) is 0 Å². The van der Waals surface area contributed by atoms with Crippen LogP contribution >= 0.6 is 0 Å². The standard InChI is InChI=1S/C39H35F8N3O6/c1-54-31-11-5-19(25-14-20(4-9-29(25)40)34(39(45,46)47)56-37(53)49-22-16-55-17-22)13-27(31)35(51)50-33-24-8-7-23(26(24)12-18-2-3-18)32(33)36(52)48-21-6-10-30(41)28(15-21)38(42,43)44/h4-6,9-15,18,22-24,32-34H,2-3,7-8,16-17H2,1H3,(H,48,52)(H,49,53)(H,50,51)/b26-12-/t23?,24?,32-,33+,34?/m0/s1. The number of hydrogen-bond donors (Lipinski definition) is 3. The number of benzene rings is 3. The summed E-state index contributed by atoms with van der Waals surface area (Å²) in [5.41, 5.74) is -2.00. The van der Waals surface area contributed by atoms with Crippen molar-refractivity contribution in [1.82, 2.24) is 10.6 Å². The summed E-state index contributed by atoms with van der Waals surface area (Å²) in [6.45, 7) is 0.215. The topological polar surface area (TPSA) is 115 Å². The number of alkyl halides is 6. The molecule has 5 atom stereocenters. The Morgan fingerprint density at radius 2 is 1.57 bits per heavy atom. The van der Waals surface area contributed by atoms with Crippen LogP contribution in [-0.2, 0) is 20.4 Å². The average molecular weight is 794 g/mol. The summed E-state index contributed by atoms with van der Waals surface area (Å²) >= 11 is 0. The number of anilines is 1. The van der Waals surface area contributed by atoms with Gasteiger partial charge in [0.2, 0.25) is 12.0 Å². The molecular formula is C39H35F8N3O6. The molecule has 0 radical (unpaired) electrons. The van der Waals surface area contributed by atoms with Crippen molar-refractivity contribution in [3.8, 4) is 16.9 Å². The van der Waals surface area contributed by atoms with E-state index in [9.17, 15) is 45.1 Å². The van der Waals surface area contributed by atoms with E-state index in [1.165, 1.54) is 25.3 Å². The quantitative estimate of drug-likeness (QED) is 0.141. The number of amides is 3. The van der Waals surface area contributed by atoms with E-state index in [1.54, 1.807) is 0 Å². The highest BCUT2D eigenvalue weighted by Gasteiger charge is 2.55. The molecule has 3 aromatic carbocycles. The summed E-state index contributed by atoms with van der Waals surface area (Å²) in [5, 5.41) is 7.64. The van der Waals surface area contributed by atoms with Crippen LogP contribution in [0.1, 0.15) is 53.3 Å². The van der Waals surface area contributed by atoms with Crippen molar-refractivity contribution in [3.63, 3.8) is 0 Å². The van der Waals surface area contributed by atoms with Crippen molar-refractivity contribution in [2.45, 2.75) is 56.2 Å².